The Morgan fingerprint density at radius 2 is 1.52 bits per heavy atom. The molecule has 5 nitrogen and oxygen atoms in total. The summed E-state index contributed by atoms with van der Waals surface area (Å²) in [5, 5.41) is 5.78. The third kappa shape index (κ3) is 5.43. The van der Waals surface area contributed by atoms with Crippen LogP contribution in [0, 0.1) is 0 Å². The first-order chi connectivity index (χ1) is 12.0. The molecule has 2 N–H and O–H groups in total. The third-order valence-corrected chi connectivity index (χ3v) is 3.90. The largest absolute Gasteiger partial charge is 0.351 e. The minimum Gasteiger partial charge on any atom is -0.351 e. The summed E-state index contributed by atoms with van der Waals surface area (Å²) in [6.07, 6.45) is 0.850. The highest BCUT2D eigenvalue weighted by Crippen LogP contribution is 2.17. The van der Waals surface area contributed by atoms with Gasteiger partial charge in [-0.3, -0.25) is 9.59 Å². The number of para-hydroxylation sites is 1. The zero-order chi connectivity index (χ0) is 18.2. The topological polar surface area (TPSA) is 61.4 Å². The van der Waals surface area contributed by atoms with Crippen molar-refractivity contribution in [2.75, 3.05) is 32.5 Å². The van der Waals surface area contributed by atoms with Crippen LogP contribution in [-0.4, -0.2) is 43.9 Å². The van der Waals surface area contributed by atoms with E-state index in [1.807, 2.05) is 43.3 Å². The number of hydrogen-bond acceptors (Lipinski definition) is 3. The van der Waals surface area contributed by atoms with Gasteiger partial charge >= 0.3 is 0 Å². The van der Waals surface area contributed by atoms with Crippen LogP contribution in [0.1, 0.15) is 33.2 Å². The molecule has 0 bridgehead atoms. The molecule has 0 spiro atoms. The molecule has 2 rings (SSSR count). The number of nitrogens with zero attached hydrogens (tertiary/aromatic N) is 1. The molecular weight excluding hydrogens is 314 g/mol. The van der Waals surface area contributed by atoms with Crippen LogP contribution in [0.3, 0.4) is 0 Å². The monoisotopic (exact) mass is 339 g/mol. The summed E-state index contributed by atoms with van der Waals surface area (Å²) in [5.41, 5.74) is 2.98. The number of amides is 2. The molecule has 0 fully saturated rings. The number of hydrogen-bond donors (Lipinski definition) is 2. The van der Waals surface area contributed by atoms with Crippen molar-refractivity contribution < 1.29 is 9.59 Å². The number of carbonyl (C=O) groups is 2. The summed E-state index contributed by atoms with van der Waals surface area (Å²) < 4.78 is 0. The molecule has 5 heteroatoms. The van der Waals surface area contributed by atoms with Gasteiger partial charge in [-0.2, -0.15) is 0 Å². The molecule has 25 heavy (non-hydrogen) atoms. The summed E-state index contributed by atoms with van der Waals surface area (Å²) >= 11 is 0. The lowest BCUT2D eigenvalue weighted by Gasteiger charge is -2.11. The first-order valence-corrected chi connectivity index (χ1v) is 8.43. The van der Waals surface area contributed by atoms with Crippen LogP contribution in [0.5, 0.6) is 0 Å². The average Bonchev–Trinajstić information content (AvgIpc) is 2.62. The van der Waals surface area contributed by atoms with Crippen LogP contribution in [0.25, 0.3) is 0 Å². The lowest BCUT2D eigenvalue weighted by molar-refractivity contribution is 0.0949. The first-order valence-electron chi connectivity index (χ1n) is 8.43. The molecule has 0 saturated heterocycles. The quantitative estimate of drug-likeness (QED) is 0.815. The molecule has 0 atom stereocenters. The fraction of sp³-hybridized carbons (Fsp3) is 0.300. The number of aryl methyl sites for hydroxylation is 1. The van der Waals surface area contributed by atoms with Crippen LogP contribution in [0.2, 0.25) is 0 Å². The Kier molecular flexibility index (Phi) is 6.71. The Labute approximate surface area is 149 Å². The Balaban J connectivity index is 1.99. The zero-order valence-electron chi connectivity index (χ0n) is 15.0. The molecule has 0 aliphatic rings. The van der Waals surface area contributed by atoms with E-state index in [-0.39, 0.29) is 11.8 Å². The van der Waals surface area contributed by atoms with Crippen molar-refractivity contribution in [3.05, 3.63) is 65.2 Å². The van der Waals surface area contributed by atoms with Gasteiger partial charge in [0.05, 0.1) is 0 Å². The Hall–Kier alpha value is -2.66. The molecule has 0 unspecified atom stereocenters. The highest BCUT2D eigenvalue weighted by Gasteiger charge is 2.10. The Morgan fingerprint density at radius 3 is 2.12 bits per heavy atom. The van der Waals surface area contributed by atoms with Gasteiger partial charge in [0.25, 0.3) is 11.8 Å². The smallest absolute Gasteiger partial charge is 0.255 e. The maximum absolute atomic E-state index is 12.4. The zero-order valence-corrected chi connectivity index (χ0v) is 15.0. The second-order valence-corrected chi connectivity index (χ2v) is 6.10. The fourth-order valence-corrected chi connectivity index (χ4v) is 2.41. The molecule has 2 aromatic carbocycles. The van der Waals surface area contributed by atoms with Crippen molar-refractivity contribution in [3.8, 4) is 0 Å². The van der Waals surface area contributed by atoms with Gasteiger partial charge in [-0.25, -0.2) is 0 Å². The third-order valence-electron chi connectivity index (χ3n) is 3.90. The lowest BCUT2D eigenvalue weighted by atomic mass is 10.1. The van der Waals surface area contributed by atoms with Gasteiger partial charge in [0.1, 0.15) is 0 Å². The molecular formula is C20H25N3O2. The molecule has 0 aliphatic carbocycles. The van der Waals surface area contributed by atoms with Crippen molar-refractivity contribution in [2.24, 2.45) is 0 Å². The molecule has 132 valence electrons. The second-order valence-electron chi connectivity index (χ2n) is 6.10. The normalized spacial score (nSPS) is 10.6. The van der Waals surface area contributed by atoms with Gasteiger partial charge < -0.3 is 15.5 Å². The summed E-state index contributed by atoms with van der Waals surface area (Å²) in [7, 11) is 3.91. The van der Waals surface area contributed by atoms with E-state index < -0.39 is 0 Å². The summed E-state index contributed by atoms with van der Waals surface area (Å²) in [6.45, 7) is 3.42. The minimum atomic E-state index is -0.180. The molecule has 0 saturated carbocycles. The highest BCUT2D eigenvalue weighted by molar-refractivity contribution is 6.05. The van der Waals surface area contributed by atoms with E-state index in [0.717, 1.165) is 24.2 Å². The molecule has 0 aromatic heterocycles. The van der Waals surface area contributed by atoms with Crippen molar-refractivity contribution in [2.45, 2.75) is 13.3 Å². The molecule has 0 radical (unpaired) electrons. The van der Waals surface area contributed by atoms with E-state index in [9.17, 15) is 9.59 Å². The number of benzene rings is 2. The Bertz CT molecular complexity index is 724. The van der Waals surface area contributed by atoms with Crippen LogP contribution < -0.4 is 10.6 Å². The van der Waals surface area contributed by atoms with Gasteiger partial charge in [-0.05, 0) is 56.4 Å². The van der Waals surface area contributed by atoms with Crippen molar-refractivity contribution >= 4 is 17.5 Å². The summed E-state index contributed by atoms with van der Waals surface area (Å²) in [5.74, 6) is -0.314. The summed E-state index contributed by atoms with van der Waals surface area (Å²) in [4.78, 5) is 26.4. The van der Waals surface area contributed by atoms with E-state index >= 15 is 0 Å². The van der Waals surface area contributed by atoms with Crippen molar-refractivity contribution in [3.63, 3.8) is 0 Å². The Morgan fingerprint density at radius 1 is 0.920 bits per heavy atom. The van der Waals surface area contributed by atoms with Gasteiger partial charge in [0, 0.05) is 29.9 Å². The second kappa shape index (κ2) is 8.99. The van der Waals surface area contributed by atoms with Gasteiger partial charge in [-0.15, -0.1) is 0 Å². The maximum Gasteiger partial charge on any atom is 0.255 e. The van der Waals surface area contributed by atoms with E-state index in [4.69, 9.17) is 0 Å². The van der Waals surface area contributed by atoms with Gasteiger partial charge in [0.2, 0.25) is 0 Å². The van der Waals surface area contributed by atoms with E-state index in [1.54, 1.807) is 24.3 Å². The van der Waals surface area contributed by atoms with Crippen molar-refractivity contribution in [1.82, 2.24) is 10.2 Å². The van der Waals surface area contributed by atoms with Crippen LogP contribution in [0.15, 0.2) is 48.5 Å². The molecule has 2 aromatic rings. The molecule has 2 amide bonds. The van der Waals surface area contributed by atoms with Gasteiger partial charge in [0.15, 0.2) is 0 Å². The SMILES string of the molecule is CCc1ccccc1NC(=O)c1ccc(C(=O)NCCN(C)C)cc1. The van der Waals surface area contributed by atoms with Crippen LogP contribution in [0.4, 0.5) is 5.69 Å². The standard InChI is InChI=1S/C20H25N3O2/c1-4-15-7-5-6-8-18(15)22-20(25)17-11-9-16(10-12-17)19(24)21-13-14-23(2)3/h5-12H,4,13-14H2,1-3H3,(H,21,24)(H,22,25). The minimum absolute atomic E-state index is 0.134. The van der Waals surface area contributed by atoms with Crippen molar-refractivity contribution in [1.29, 1.82) is 0 Å². The van der Waals surface area contributed by atoms with E-state index in [1.165, 1.54) is 0 Å². The first kappa shape index (κ1) is 18.7. The highest BCUT2D eigenvalue weighted by atomic mass is 16.2. The molecule has 0 heterocycles. The predicted octanol–water partition coefficient (Wildman–Crippen LogP) is 2.79. The van der Waals surface area contributed by atoms with Gasteiger partial charge in [-0.1, -0.05) is 25.1 Å². The predicted molar refractivity (Wildman–Crippen MR) is 101 cm³/mol. The number of anilines is 1. The fourth-order valence-electron chi connectivity index (χ4n) is 2.41. The van der Waals surface area contributed by atoms with E-state index in [2.05, 4.69) is 17.6 Å². The number of likely N-dealkylation sites (N-methyl/N-ethyl adjacent to an activating group) is 1. The number of rotatable bonds is 7. The van der Waals surface area contributed by atoms with Crippen LogP contribution in [-0.2, 0) is 6.42 Å². The number of carbonyl (C=O) groups excluding carboxylic acids is 2. The number of nitrogens with one attached hydrogen (secondary N) is 2. The van der Waals surface area contributed by atoms with Crippen LogP contribution >= 0.6 is 0 Å². The average molecular weight is 339 g/mol. The van der Waals surface area contributed by atoms with E-state index in [0.29, 0.717) is 17.7 Å². The maximum atomic E-state index is 12.4. The lowest BCUT2D eigenvalue weighted by Crippen LogP contribution is -2.31. The molecule has 0 aliphatic heterocycles. The summed E-state index contributed by atoms with van der Waals surface area (Å²) in [6, 6.07) is 14.4.